The van der Waals surface area contributed by atoms with Crippen molar-refractivity contribution in [3.63, 3.8) is 0 Å². The average molecular weight is 283 g/mol. The topological polar surface area (TPSA) is 38.1 Å². The molecule has 3 nitrogen and oxygen atoms in total. The number of hydrogen-bond acceptors (Lipinski definition) is 3. The van der Waals surface area contributed by atoms with Gasteiger partial charge in [0, 0.05) is 28.7 Å². The zero-order valence-electron chi connectivity index (χ0n) is 11.8. The summed E-state index contributed by atoms with van der Waals surface area (Å²) in [4.78, 5) is 13.4. The highest BCUT2D eigenvalue weighted by Crippen LogP contribution is 2.17. The van der Waals surface area contributed by atoms with Crippen LogP contribution >= 0.6 is 0 Å². The molecule has 0 radical (unpaired) electrons. The van der Waals surface area contributed by atoms with Gasteiger partial charge in [-0.3, -0.25) is 4.98 Å². The highest BCUT2D eigenvalue weighted by atomic mass is 14.9. The summed E-state index contributed by atoms with van der Waals surface area (Å²) in [5, 5.41) is 2.23. The van der Waals surface area contributed by atoms with Crippen molar-refractivity contribution in [2.45, 2.75) is 0 Å². The maximum absolute atomic E-state index is 4.53. The van der Waals surface area contributed by atoms with Gasteiger partial charge in [-0.05, 0) is 30.3 Å². The van der Waals surface area contributed by atoms with Crippen molar-refractivity contribution < 1.29 is 0 Å². The van der Waals surface area contributed by atoms with E-state index < -0.39 is 0 Å². The van der Waals surface area contributed by atoms with Crippen LogP contribution in [0.2, 0.25) is 0 Å². The summed E-state index contributed by atoms with van der Waals surface area (Å²) in [6, 6.07) is 22.1. The summed E-state index contributed by atoms with van der Waals surface area (Å²) in [5.41, 5.74) is 2.91. The lowest BCUT2D eigenvalue weighted by atomic mass is 10.2. The number of para-hydroxylation sites is 2. The van der Waals surface area contributed by atoms with E-state index in [-0.39, 0.29) is 0 Å². The molecule has 0 aliphatic carbocycles. The quantitative estimate of drug-likeness (QED) is 0.507. The Kier molecular flexibility index (Phi) is 3.09. The third kappa shape index (κ3) is 2.44. The van der Waals surface area contributed by atoms with Crippen molar-refractivity contribution in [3.8, 4) is 0 Å². The van der Waals surface area contributed by atoms with Crippen LogP contribution in [0.1, 0.15) is 5.56 Å². The van der Waals surface area contributed by atoms with Gasteiger partial charge in [0.15, 0.2) is 5.82 Å². The van der Waals surface area contributed by atoms with Crippen molar-refractivity contribution in [1.82, 2.24) is 9.97 Å². The minimum absolute atomic E-state index is 0.701. The third-order valence-electron chi connectivity index (χ3n) is 3.54. The Morgan fingerprint density at radius 1 is 0.773 bits per heavy atom. The van der Waals surface area contributed by atoms with Crippen LogP contribution < -0.4 is 0 Å². The fourth-order valence-electron chi connectivity index (χ4n) is 2.43. The van der Waals surface area contributed by atoms with Gasteiger partial charge in [0.1, 0.15) is 0 Å². The smallest absolute Gasteiger partial charge is 0.152 e. The van der Waals surface area contributed by atoms with Gasteiger partial charge in [-0.15, -0.1) is 0 Å². The molecule has 0 bridgehead atoms. The maximum Gasteiger partial charge on any atom is 0.152 e. The first kappa shape index (κ1) is 12.7. The van der Waals surface area contributed by atoms with Crippen LogP contribution in [0.5, 0.6) is 0 Å². The maximum atomic E-state index is 4.53. The molecule has 4 rings (SSSR count). The zero-order valence-corrected chi connectivity index (χ0v) is 11.8. The Bertz CT molecular complexity index is 908. The highest BCUT2D eigenvalue weighted by Gasteiger charge is 1.97. The van der Waals surface area contributed by atoms with Gasteiger partial charge in [0.05, 0.1) is 11.0 Å². The first-order chi connectivity index (χ1) is 10.9. The molecule has 3 heteroatoms. The number of aromatic nitrogens is 2. The fraction of sp³-hybridized carbons (Fsp3) is 0. The molecule has 0 aliphatic rings. The van der Waals surface area contributed by atoms with Crippen molar-refractivity contribution in [3.05, 3.63) is 78.5 Å². The van der Waals surface area contributed by atoms with Crippen LogP contribution in [0.15, 0.2) is 77.9 Å². The fourth-order valence-corrected chi connectivity index (χ4v) is 2.43. The van der Waals surface area contributed by atoms with Crippen LogP contribution in [0, 0.1) is 0 Å². The molecule has 0 aliphatic heterocycles. The molecule has 0 saturated heterocycles. The monoisotopic (exact) mass is 283 g/mol. The lowest BCUT2D eigenvalue weighted by Gasteiger charge is -1.99. The first-order valence-electron chi connectivity index (χ1n) is 7.13. The summed E-state index contributed by atoms with van der Waals surface area (Å²) in [6.45, 7) is 0. The van der Waals surface area contributed by atoms with E-state index in [9.17, 15) is 0 Å². The lowest BCUT2D eigenvalue weighted by Crippen LogP contribution is -1.86. The van der Waals surface area contributed by atoms with Gasteiger partial charge in [-0.1, -0.05) is 36.4 Å². The number of fused-ring (bicyclic) bond motifs is 2. The Balaban J connectivity index is 1.68. The van der Waals surface area contributed by atoms with E-state index in [2.05, 4.69) is 21.0 Å². The Labute approximate surface area is 128 Å². The largest absolute Gasteiger partial charge is 0.256 e. The van der Waals surface area contributed by atoms with E-state index in [1.54, 1.807) is 6.21 Å². The van der Waals surface area contributed by atoms with Gasteiger partial charge in [0.2, 0.25) is 0 Å². The molecular weight excluding hydrogens is 270 g/mol. The SMILES string of the molecule is C(=Nc1ccc2ccccc2n1)c1cnc2ccccc2c1. The second-order valence-electron chi connectivity index (χ2n) is 5.08. The Morgan fingerprint density at radius 2 is 1.55 bits per heavy atom. The van der Waals surface area contributed by atoms with Crippen molar-refractivity contribution in [1.29, 1.82) is 0 Å². The summed E-state index contributed by atoms with van der Waals surface area (Å²) in [6.07, 6.45) is 3.63. The van der Waals surface area contributed by atoms with E-state index in [1.807, 2.05) is 66.9 Å². The van der Waals surface area contributed by atoms with Crippen molar-refractivity contribution >= 4 is 33.8 Å². The van der Waals surface area contributed by atoms with Gasteiger partial charge in [-0.2, -0.15) is 0 Å². The normalized spacial score (nSPS) is 11.5. The molecule has 0 spiro atoms. The second kappa shape index (κ2) is 5.37. The molecule has 2 aromatic heterocycles. The molecule has 2 heterocycles. The number of hydrogen-bond donors (Lipinski definition) is 0. The molecule has 104 valence electrons. The van der Waals surface area contributed by atoms with Crippen LogP contribution in [0.3, 0.4) is 0 Å². The molecule has 0 unspecified atom stereocenters. The van der Waals surface area contributed by atoms with Gasteiger partial charge in [0.25, 0.3) is 0 Å². The average Bonchev–Trinajstić information content (AvgIpc) is 2.59. The Morgan fingerprint density at radius 3 is 2.45 bits per heavy atom. The minimum Gasteiger partial charge on any atom is -0.256 e. The highest BCUT2D eigenvalue weighted by molar-refractivity contribution is 5.89. The van der Waals surface area contributed by atoms with Gasteiger partial charge in [-0.25, -0.2) is 9.98 Å². The zero-order chi connectivity index (χ0) is 14.8. The lowest BCUT2D eigenvalue weighted by molar-refractivity contribution is 1.33. The molecule has 0 atom stereocenters. The van der Waals surface area contributed by atoms with E-state index in [4.69, 9.17) is 0 Å². The Hall–Kier alpha value is -3.07. The summed E-state index contributed by atoms with van der Waals surface area (Å²) < 4.78 is 0. The number of rotatable bonds is 2. The minimum atomic E-state index is 0.701. The van der Waals surface area contributed by atoms with E-state index in [0.29, 0.717) is 5.82 Å². The second-order valence-corrected chi connectivity index (χ2v) is 5.08. The van der Waals surface area contributed by atoms with Gasteiger partial charge >= 0.3 is 0 Å². The van der Waals surface area contributed by atoms with E-state index >= 15 is 0 Å². The molecule has 0 amide bonds. The van der Waals surface area contributed by atoms with Crippen LogP contribution in [0.25, 0.3) is 21.8 Å². The molecule has 4 aromatic rings. The predicted molar refractivity (Wildman–Crippen MR) is 90.7 cm³/mol. The first-order valence-corrected chi connectivity index (χ1v) is 7.13. The van der Waals surface area contributed by atoms with Crippen molar-refractivity contribution in [2.75, 3.05) is 0 Å². The predicted octanol–water partition coefficient (Wildman–Crippen LogP) is 4.53. The molecule has 22 heavy (non-hydrogen) atoms. The standard InChI is InChI=1S/C19H13N3/c1-4-8-18-15(5-1)9-10-19(22-18)21-13-14-11-16-6-2-3-7-17(16)20-12-14/h1-13H. The van der Waals surface area contributed by atoms with E-state index in [1.165, 1.54) is 0 Å². The van der Waals surface area contributed by atoms with Crippen LogP contribution in [-0.2, 0) is 0 Å². The molecule has 0 N–H and O–H groups in total. The third-order valence-corrected chi connectivity index (χ3v) is 3.54. The van der Waals surface area contributed by atoms with E-state index in [0.717, 1.165) is 27.4 Å². The molecule has 0 fully saturated rings. The van der Waals surface area contributed by atoms with Crippen LogP contribution in [-0.4, -0.2) is 16.2 Å². The summed E-state index contributed by atoms with van der Waals surface area (Å²) in [7, 11) is 0. The number of aliphatic imine (C=N–C) groups is 1. The van der Waals surface area contributed by atoms with Crippen LogP contribution in [0.4, 0.5) is 5.82 Å². The summed E-state index contributed by atoms with van der Waals surface area (Å²) in [5.74, 6) is 0.701. The molecule has 2 aromatic carbocycles. The number of nitrogens with zero attached hydrogens (tertiary/aromatic N) is 3. The van der Waals surface area contributed by atoms with Crippen molar-refractivity contribution in [2.24, 2.45) is 4.99 Å². The molecule has 0 saturated carbocycles. The summed E-state index contributed by atoms with van der Waals surface area (Å²) >= 11 is 0. The van der Waals surface area contributed by atoms with Gasteiger partial charge < -0.3 is 0 Å². The number of pyridine rings is 2. The molecular formula is C19H13N3. The number of benzene rings is 2.